The maximum absolute atomic E-state index is 11.0. The molecule has 0 bridgehead atoms. The van der Waals surface area contributed by atoms with E-state index in [-0.39, 0.29) is 11.3 Å². The molecule has 1 aliphatic rings. The lowest BCUT2D eigenvalue weighted by Gasteiger charge is -2.36. The van der Waals surface area contributed by atoms with Gasteiger partial charge in [0, 0.05) is 68.0 Å². The summed E-state index contributed by atoms with van der Waals surface area (Å²) in [5, 5.41) is 20.9. The van der Waals surface area contributed by atoms with Gasteiger partial charge < -0.3 is 23.7 Å². The number of nitro groups is 1. The van der Waals surface area contributed by atoms with Crippen LogP contribution in [0.5, 0.6) is 11.5 Å². The maximum Gasteiger partial charge on any atom is 0.289 e. The van der Waals surface area contributed by atoms with Gasteiger partial charge in [0.1, 0.15) is 40.8 Å². The van der Waals surface area contributed by atoms with Crippen LogP contribution in [0.15, 0.2) is 48.9 Å². The molecule has 1 aromatic carbocycles. The van der Waals surface area contributed by atoms with Crippen molar-refractivity contribution in [1.29, 1.82) is 5.26 Å². The largest absolute Gasteiger partial charge is 0.496 e. The maximum atomic E-state index is 11.0. The lowest BCUT2D eigenvalue weighted by atomic mass is 10.1. The summed E-state index contributed by atoms with van der Waals surface area (Å²) in [6.45, 7) is 2.61. The second-order valence-electron chi connectivity index (χ2n) is 8.37. The summed E-state index contributed by atoms with van der Waals surface area (Å²) < 4.78 is 12.8. The third kappa shape index (κ3) is 4.54. The molecule has 0 atom stereocenters. The summed E-state index contributed by atoms with van der Waals surface area (Å²) >= 11 is 6.35. The smallest absolute Gasteiger partial charge is 0.289 e. The number of imidazole rings is 1. The predicted octanol–water partition coefficient (Wildman–Crippen LogP) is 4.17. The standard InChI is InChI=1S/C25H22ClN7O4/c1-36-22-12-23(37-2)20(26)11-19(22)21-15-32-4-3-17(10-24(32)29-21)30-5-7-31(8-6-30)25-16(13-27)9-18(14-28-25)33(34)35/h3-4,9-12,14-15H,5-8H2,1-2H3. The van der Waals surface area contributed by atoms with E-state index in [1.807, 2.05) is 39.9 Å². The Labute approximate surface area is 217 Å². The van der Waals surface area contributed by atoms with Crippen LogP contribution in [0.3, 0.4) is 0 Å². The molecule has 0 amide bonds. The van der Waals surface area contributed by atoms with E-state index in [1.165, 1.54) is 12.3 Å². The van der Waals surface area contributed by atoms with E-state index in [2.05, 4.69) is 9.88 Å². The highest BCUT2D eigenvalue weighted by Crippen LogP contribution is 2.38. The number of nitriles is 1. The van der Waals surface area contributed by atoms with Gasteiger partial charge in [-0.1, -0.05) is 11.6 Å². The first-order valence-corrected chi connectivity index (χ1v) is 11.7. The summed E-state index contributed by atoms with van der Waals surface area (Å²) in [7, 11) is 3.14. The number of hydrogen-bond donors (Lipinski definition) is 0. The minimum absolute atomic E-state index is 0.194. The molecule has 5 rings (SSSR count). The lowest BCUT2D eigenvalue weighted by molar-refractivity contribution is -0.385. The van der Waals surface area contributed by atoms with Crippen molar-refractivity contribution in [2.24, 2.45) is 0 Å². The molecule has 37 heavy (non-hydrogen) atoms. The summed E-state index contributed by atoms with van der Waals surface area (Å²) in [6, 6.07) is 10.9. The van der Waals surface area contributed by atoms with Gasteiger partial charge in [-0.05, 0) is 12.1 Å². The Morgan fingerprint density at radius 2 is 1.81 bits per heavy atom. The Bertz CT molecular complexity index is 1540. The Balaban J connectivity index is 1.36. The van der Waals surface area contributed by atoms with Gasteiger partial charge in [-0.15, -0.1) is 0 Å². The van der Waals surface area contributed by atoms with Crippen LogP contribution >= 0.6 is 11.6 Å². The molecule has 0 radical (unpaired) electrons. The molecule has 11 nitrogen and oxygen atoms in total. The molecule has 0 N–H and O–H groups in total. The van der Waals surface area contributed by atoms with E-state index < -0.39 is 4.92 Å². The first-order chi connectivity index (χ1) is 17.9. The second kappa shape index (κ2) is 9.83. The zero-order valence-electron chi connectivity index (χ0n) is 20.1. The van der Waals surface area contributed by atoms with E-state index in [9.17, 15) is 15.4 Å². The van der Waals surface area contributed by atoms with Crippen molar-refractivity contribution in [3.63, 3.8) is 0 Å². The summed E-state index contributed by atoms with van der Waals surface area (Å²) in [4.78, 5) is 23.7. The van der Waals surface area contributed by atoms with Gasteiger partial charge >= 0.3 is 0 Å². The molecule has 1 fully saturated rings. The molecule has 12 heteroatoms. The molecule has 0 unspecified atom stereocenters. The third-order valence-corrected chi connectivity index (χ3v) is 6.62. The number of anilines is 2. The number of pyridine rings is 2. The average molecular weight is 520 g/mol. The monoisotopic (exact) mass is 519 g/mol. The zero-order chi connectivity index (χ0) is 26.1. The fourth-order valence-electron chi connectivity index (χ4n) is 4.41. The Morgan fingerprint density at radius 1 is 1.08 bits per heavy atom. The highest BCUT2D eigenvalue weighted by atomic mass is 35.5. The lowest BCUT2D eigenvalue weighted by Crippen LogP contribution is -2.47. The number of hydrogen-bond acceptors (Lipinski definition) is 9. The molecule has 0 aliphatic carbocycles. The highest BCUT2D eigenvalue weighted by Gasteiger charge is 2.23. The van der Waals surface area contributed by atoms with Crippen LogP contribution in [0, 0.1) is 21.4 Å². The molecule has 1 aliphatic heterocycles. The first kappa shape index (κ1) is 24.1. The fourth-order valence-corrected chi connectivity index (χ4v) is 4.66. The van der Waals surface area contributed by atoms with Crippen LogP contribution in [0.1, 0.15) is 5.56 Å². The normalized spacial score (nSPS) is 13.5. The van der Waals surface area contributed by atoms with Crippen LogP contribution in [0.25, 0.3) is 16.9 Å². The summed E-state index contributed by atoms with van der Waals surface area (Å²) in [6.07, 6.45) is 5.07. The van der Waals surface area contributed by atoms with Crippen molar-refractivity contribution in [2.45, 2.75) is 0 Å². The van der Waals surface area contributed by atoms with E-state index in [0.717, 1.165) is 22.6 Å². The minimum Gasteiger partial charge on any atom is -0.496 e. The molecular formula is C25H22ClN7O4. The van der Waals surface area contributed by atoms with Gasteiger partial charge in [-0.2, -0.15) is 5.26 Å². The molecule has 1 saturated heterocycles. The van der Waals surface area contributed by atoms with Crippen molar-refractivity contribution in [3.8, 4) is 28.8 Å². The molecule has 0 spiro atoms. The van der Waals surface area contributed by atoms with Gasteiger partial charge in [0.25, 0.3) is 5.69 Å². The van der Waals surface area contributed by atoms with E-state index in [1.54, 1.807) is 26.4 Å². The number of piperazine rings is 1. The molecule has 4 heterocycles. The quantitative estimate of drug-likeness (QED) is 0.273. The Hall–Kier alpha value is -4.56. The van der Waals surface area contributed by atoms with Crippen LogP contribution < -0.4 is 19.3 Å². The van der Waals surface area contributed by atoms with Gasteiger partial charge in [-0.3, -0.25) is 10.1 Å². The minimum atomic E-state index is -0.550. The first-order valence-electron chi connectivity index (χ1n) is 11.4. The number of methoxy groups -OCH3 is 2. The Morgan fingerprint density at radius 3 is 2.49 bits per heavy atom. The molecular weight excluding hydrogens is 498 g/mol. The van der Waals surface area contributed by atoms with Crippen molar-refractivity contribution in [2.75, 3.05) is 50.2 Å². The zero-order valence-corrected chi connectivity index (χ0v) is 20.8. The number of aromatic nitrogens is 3. The van der Waals surface area contributed by atoms with Gasteiger partial charge in [-0.25, -0.2) is 9.97 Å². The van der Waals surface area contributed by atoms with Crippen LogP contribution in [0.2, 0.25) is 5.02 Å². The van der Waals surface area contributed by atoms with Crippen molar-refractivity contribution in [3.05, 3.63) is 69.6 Å². The van der Waals surface area contributed by atoms with Gasteiger partial charge in [0.2, 0.25) is 0 Å². The number of rotatable bonds is 6. The highest BCUT2D eigenvalue weighted by molar-refractivity contribution is 6.32. The molecule has 0 saturated carbocycles. The summed E-state index contributed by atoms with van der Waals surface area (Å²) in [5.41, 5.74) is 3.27. The van der Waals surface area contributed by atoms with E-state index >= 15 is 0 Å². The number of ether oxygens (including phenoxy) is 2. The third-order valence-electron chi connectivity index (χ3n) is 6.32. The van der Waals surface area contributed by atoms with E-state index in [4.69, 9.17) is 26.1 Å². The van der Waals surface area contributed by atoms with Crippen LogP contribution in [-0.4, -0.2) is 59.7 Å². The fraction of sp³-hybridized carbons (Fsp3) is 0.240. The van der Waals surface area contributed by atoms with E-state index in [0.29, 0.717) is 48.5 Å². The van der Waals surface area contributed by atoms with Crippen molar-refractivity contribution < 1.29 is 14.4 Å². The molecule has 3 aromatic heterocycles. The van der Waals surface area contributed by atoms with Crippen molar-refractivity contribution >= 4 is 34.4 Å². The number of benzene rings is 1. The second-order valence-corrected chi connectivity index (χ2v) is 8.78. The number of halogens is 1. The Kier molecular flexibility index (Phi) is 6.42. The van der Waals surface area contributed by atoms with Gasteiger partial charge in [0.05, 0.1) is 29.9 Å². The van der Waals surface area contributed by atoms with Crippen LogP contribution in [-0.2, 0) is 0 Å². The van der Waals surface area contributed by atoms with Crippen LogP contribution in [0.4, 0.5) is 17.2 Å². The topological polar surface area (TPSA) is 122 Å². The summed E-state index contributed by atoms with van der Waals surface area (Å²) in [5.74, 6) is 1.60. The van der Waals surface area contributed by atoms with Gasteiger partial charge in [0.15, 0.2) is 0 Å². The molecule has 4 aromatic rings. The number of nitrogens with zero attached hydrogens (tertiary/aromatic N) is 7. The van der Waals surface area contributed by atoms with Crippen molar-refractivity contribution in [1.82, 2.24) is 14.4 Å². The SMILES string of the molecule is COc1cc(OC)c(-c2cn3ccc(N4CCN(c5ncc([N+](=O)[O-])cc5C#N)CC4)cc3n2)cc1Cl. The average Bonchev–Trinajstić information content (AvgIpc) is 3.36. The number of fused-ring (bicyclic) bond motifs is 1. The molecule has 188 valence electrons. The predicted molar refractivity (Wildman–Crippen MR) is 139 cm³/mol.